The minimum atomic E-state index is -2.01. The lowest BCUT2D eigenvalue weighted by atomic mass is 9.83. The number of epoxide rings is 1. The summed E-state index contributed by atoms with van der Waals surface area (Å²) in [7, 11) is 2.94. The second-order valence-corrected chi connectivity index (χ2v) is 24.8. The number of ketones is 1. The Morgan fingerprint density at radius 2 is 1.64 bits per heavy atom. The van der Waals surface area contributed by atoms with Gasteiger partial charge in [-0.25, -0.2) is 14.4 Å². The molecule has 7 rings (SSSR count). The van der Waals surface area contributed by atoms with Gasteiger partial charge in [0.05, 0.1) is 46.8 Å². The fraction of sp³-hybridized carbons (Fsp3) is 0.581. The van der Waals surface area contributed by atoms with Crippen LogP contribution in [-0.2, 0) is 70.3 Å². The van der Waals surface area contributed by atoms with E-state index in [4.69, 9.17) is 41.0 Å². The highest BCUT2D eigenvalue weighted by Gasteiger charge is 2.65. The summed E-state index contributed by atoms with van der Waals surface area (Å²) in [4.78, 5) is 135. The van der Waals surface area contributed by atoms with E-state index in [1.54, 1.807) is 98.0 Å². The maximum Gasteiger partial charge on any atom is 0.411 e. The number of anilines is 2. The fourth-order valence-electron chi connectivity index (χ4n) is 11.7. The molecule has 1 unspecified atom stereocenters. The number of unbranched alkanes of at least 4 members (excludes halogenated alkanes) is 2. The number of aliphatic hydroxyl groups is 1. The molecule has 0 aliphatic carbocycles. The molecule has 0 radical (unpaired) electrons. The second-order valence-electron chi connectivity index (χ2n) is 24.5. The van der Waals surface area contributed by atoms with Crippen molar-refractivity contribution in [2.45, 2.75) is 180 Å². The number of alkyl carbamates (subject to hydrolysis) is 1. The third kappa shape index (κ3) is 16.2. The van der Waals surface area contributed by atoms with E-state index in [-0.39, 0.29) is 87.6 Å². The molecule has 474 valence electrons. The lowest BCUT2D eigenvalue weighted by Crippen LogP contribution is -2.63. The van der Waals surface area contributed by atoms with Gasteiger partial charge in [0.2, 0.25) is 17.7 Å². The Morgan fingerprint density at radius 3 is 2.29 bits per heavy atom. The highest BCUT2D eigenvalue weighted by atomic mass is 35.5. The number of esters is 1. The summed E-state index contributed by atoms with van der Waals surface area (Å²) >= 11 is 6.94. The molecule has 0 aromatic heterocycles. The van der Waals surface area contributed by atoms with E-state index >= 15 is 0 Å². The van der Waals surface area contributed by atoms with Gasteiger partial charge in [-0.1, -0.05) is 83.0 Å². The number of fused-ring (bicyclic) bond motifs is 6. The number of Topliss-reactive ketones (excluding diaryl/α,β-unsaturated/α-hetero) is 1. The number of halogens is 1. The average Bonchev–Trinajstić information content (AvgIpc) is 1.67. The molecule has 3 saturated heterocycles. The van der Waals surface area contributed by atoms with Crippen molar-refractivity contribution >= 4 is 82.5 Å². The Balaban J connectivity index is 1.05. The van der Waals surface area contributed by atoms with Gasteiger partial charge in [-0.15, -0.1) is 0 Å². The molecule has 2 aromatic rings. The van der Waals surface area contributed by atoms with Gasteiger partial charge in [0.15, 0.2) is 11.5 Å². The number of hydrogen-bond acceptors (Lipinski definition) is 16. The van der Waals surface area contributed by atoms with Gasteiger partial charge in [-0.2, -0.15) is 0 Å². The minimum Gasteiger partial charge on any atom is -0.458 e. The van der Waals surface area contributed by atoms with E-state index in [1.807, 2.05) is 13.0 Å². The largest absolute Gasteiger partial charge is 0.458 e. The predicted octanol–water partition coefficient (Wildman–Crippen LogP) is 6.05. The van der Waals surface area contributed by atoms with E-state index in [2.05, 4.69) is 21.3 Å². The first-order valence-electron chi connectivity index (χ1n) is 29.6. The fourth-order valence-corrected chi connectivity index (χ4v) is 12.0. The number of carbonyl (C=O) groups excluding carboxylic acids is 10. The number of carbonyl (C=O) groups is 10. The van der Waals surface area contributed by atoms with Crippen LogP contribution in [-0.4, -0.2) is 155 Å². The quantitative estimate of drug-likeness (QED) is 0.0195. The van der Waals surface area contributed by atoms with Crippen molar-refractivity contribution in [3.05, 3.63) is 82.4 Å². The summed E-state index contributed by atoms with van der Waals surface area (Å²) in [6.07, 6.45) is 1.99. The average molecular weight is 1230 g/mol. The number of urea groups is 1. The SMILES string of the molecule is CO[C@@H]1/C=C/[C@H]2N(C(=O)OCc3ccc(NC(=O)[C@H](CCCNC(N)=O)CC(=O)[C@@H](NC(=O)CCCCCN4C(=O)C=CC4=O)C(C)C)cc3)C2(C)Cc2cc(C)c(Cl)c(c2)N(C)C(=O)C[C@H](OC(=O)C(C)C)[C@]2(C)O[C@H]2[C@H](C)[C@@H]2C[C@@]1(O)NC(=O)O2. The maximum atomic E-state index is 14.3. The van der Waals surface area contributed by atoms with Crippen molar-refractivity contribution in [1.29, 1.82) is 0 Å². The first kappa shape index (κ1) is 67.1. The Bertz CT molecular complexity index is 3010. The third-order valence-corrected chi connectivity index (χ3v) is 17.6. The summed E-state index contributed by atoms with van der Waals surface area (Å²) in [6, 6.07) is 7.89. The minimum absolute atomic E-state index is 0.111. The first-order valence-corrected chi connectivity index (χ1v) is 30.0. The van der Waals surface area contributed by atoms with Crippen molar-refractivity contribution < 1.29 is 76.7 Å². The van der Waals surface area contributed by atoms with Crippen molar-refractivity contribution in [1.82, 2.24) is 25.8 Å². The number of imide groups is 1. The number of rotatable bonds is 22. The molecule has 3 fully saturated rings. The van der Waals surface area contributed by atoms with Crippen LogP contribution in [0.5, 0.6) is 0 Å². The highest BCUT2D eigenvalue weighted by Crippen LogP contribution is 2.50. The predicted molar refractivity (Wildman–Crippen MR) is 318 cm³/mol. The van der Waals surface area contributed by atoms with E-state index in [9.17, 15) is 53.1 Å². The Kier molecular flexibility index (Phi) is 21.7. The normalized spacial score (nSPS) is 27.1. The van der Waals surface area contributed by atoms with Crippen molar-refractivity contribution in [3.63, 3.8) is 0 Å². The van der Waals surface area contributed by atoms with Crippen LogP contribution in [0.15, 0.2) is 60.7 Å². The number of hydrogen-bond donors (Lipinski definition) is 6. The van der Waals surface area contributed by atoms with Gasteiger partial charge in [0.25, 0.3) is 11.8 Å². The van der Waals surface area contributed by atoms with Gasteiger partial charge >= 0.3 is 24.2 Å². The van der Waals surface area contributed by atoms with Crippen molar-refractivity contribution in [3.8, 4) is 0 Å². The summed E-state index contributed by atoms with van der Waals surface area (Å²) in [5.41, 5.74) is 3.78. The van der Waals surface area contributed by atoms with Crippen LogP contribution in [0.2, 0.25) is 5.02 Å². The molecule has 87 heavy (non-hydrogen) atoms. The molecular weight excluding hydrogens is 1150 g/mol. The molecule has 11 atom stereocenters. The van der Waals surface area contributed by atoms with Crippen LogP contribution in [0.4, 0.5) is 25.8 Å². The zero-order chi connectivity index (χ0) is 63.9. The highest BCUT2D eigenvalue weighted by molar-refractivity contribution is 6.34. The number of ether oxygens (including phenoxy) is 5. The zero-order valence-corrected chi connectivity index (χ0v) is 51.9. The number of primary amides is 1. The van der Waals surface area contributed by atoms with Gasteiger partial charge in [-0.3, -0.25) is 48.7 Å². The zero-order valence-electron chi connectivity index (χ0n) is 51.1. The van der Waals surface area contributed by atoms with Gasteiger partial charge in [0.1, 0.15) is 30.5 Å². The standard InChI is InChI=1S/C62H83ClN8O16/c1-34(2)53(67-48(73)16-12-11-13-26-70-49(74)23-24-50(70)75)43(72)29-40(15-14-25-65-57(64)79)55(77)66-41-19-17-38(18-20-41)33-84-59(81)71-45-21-22-46(83-10)62(82)32-44(85-58(80)68-62)37(6)54-61(8,87-54)47(86-56(78)35(3)4)30-51(76)69(9)42-28-39(31-60(45,71)7)27-36(5)52(42)63/h17-24,27-28,34-35,37,40,44-47,53-54,82H,11-16,25-26,29-33H2,1-10H3,(H,66,77)(H,67,73)(H,68,80)(H3,64,65,79)/b22-21+/t37-,40-,44+,45-,46-,47+,53+,54+,60?,61+,62+,71?/m1/s1. The van der Waals surface area contributed by atoms with E-state index in [0.717, 1.165) is 4.90 Å². The van der Waals surface area contributed by atoms with E-state index < -0.39 is 107 Å². The molecule has 25 heteroatoms. The van der Waals surface area contributed by atoms with Crippen LogP contribution < -0.4 is 31.9 Å². The molecular formula is C62H83ClN8O16. The van der Waals surface area contributed by atoms with Crippen molar-refractivity contribution in [2.75, 3.05) is 37.5 Å². The molecule has 9 amide bonds. The van der Waals surface area contributed by atoms with Crippen LogP contribution in [0.25, 0.3) is 0 Å². The third-order valence-electron chi connectivity index (χ3n) is 17.1. The number of aryl methyl sites for hydroxylation is 1. The Morgan fingerprint density at radius 1 is 0.954 bits per heavy atom. The molecule has 0 saturated carbocycles. The molecule has 4 bridgehead atoms. The molecule has 5 aliphatic rings. The maximum absolute atomic E-state index is 14.3. The van der Waals surface area contributed by atoms with Crippen LogP contribution in [0, 0.1) is 30.6 Å². The van der Waals surface area contributed by atoms with Gasteiger partial charge < -0.3 is 55.4 Å². The summed E-state index contributed by atoms with van der Waals surface area (Å²) in [5.74, 6) is -5.19. The molecule has 5 heterocycles. The van der Waals surface area contributed by atoms with E-state index in [1.165, 1.54) is 29.1 Å². The number of methoxy groups -OCH3 is 1. The monoisotopic (exact) mass is 1230 g/mol. The molecule has 24 nitrogen and oxygen atoms in total. The van der Waals surface area contributed by atoms with Gasteiger partial charge in [0, 0.05) is 76.2 Å². The number of amides is 9. The summed E-state index contributed by atoms with van der Waals surface area (Å²) < 4.78 is 29.8. The Labute approximate surface area is 511 Å². The lowest BCUT2D eigenvalue weighted by Gasteiger charge is -2.42. The van der Waals surface area contributed by atoms with Crippen molar-refractivity contribution in [2.24, 2.45) is 29.4 Å². The number of benzene rings is 2. The molecule has 5 aliphatic heterocycles. The second kappa shape index (κ2) is 28.2. The van der Waals surface area contributed by atoms with Crippen LogP contribution in [0.3, 0.4) is 0 Å². The van der Waals surface area contributed by atoms with Crippen LogP contribution >= 0.6 is 11.6 Å². The number of nitrogens with zero attached hydrogens (tertiary/aromatic N) is 3. The van der Waals surface area contributed by atoms with Crippen LogP contribution in [0.1, 0.15) is 123 Å². The summed E-state index contributed by atoms with van der Waals surface area (Å²) in [6.45, 7) is 14.3. The molecule has 2 aromatic carbocycles. The number of nitrogens with two attached hydrogens (primary N) is 1. The molecule has 7 N–H and O–H groups in total. The topological polar surface area (TPSA) is 324 Å². The van der Waals surface area contributed by atoms with Gasteiger partial charge in [-0.05, 0) is 93.7 Å². The Hall–Kier alpha value is -7.41. The molecule has 0 spiro atoms. The van der Waals surface area contributed by atoms with E-state index in [0.29, 0.717) is 58.8 Å². The smallest absolute Gasteiger partial charge is 0.411 e. The number of nitrogens with one attached hydrogen (secondary N) is 4. The first-order chi connectivity index (χ1) is 41.0. The summed E-state index contributed by atoms with van der Waals surface area (Å²) in [5, 5.41) is 23.2. The lowest BCUT2D eigenvalue weighted by molar-refractivity contribution is -0.157.